The SMILES string of the molecule is O=C(COc1ccc(C(F)(F)F)nc1)NC12CCC(NC(=O)COc3ccc(C(F)(F)F)nc3)(CC1)[C@H](O)C2. The van der Waals surface area contributed by atoms with Gasteiger partial charge in [0.1, 0.15) is 22.9 Å². The molecule has 0 aliphatic heterocycles. The van der Waals surface area contributed by atoms with Crippen LogP contribution in [0.3, 0.4) is 0 Å². The van der Waals surface area contributed by atoms with Crippen molar-refractivity contribution in [2.24, 2.45) is 0 Å². The van der Waals surface area contributed by atoms with Crippen LogP contribution in [0.2, 0.25) is 0 Å². The van der Waals surface area contributed by atoms with Crippen molar-refractivity contribution in [1.82, 2.24) is 20.6 Å². The topological polar surface area (TPSA) is 123 Å². The van der Waals surface area contributed by atoms with Gasteiger partial charge in [0.2, 0.25) is 0 Å². The first-order valence-electron chi connectivity index (χ1n) is 11.8. The zero-order chi connectivity index (χ0) is 28.5. The number of halogens is 6. The number of ether oxygens (including phenoxy) is 2. The molecule has 0 aromatic carbocycles. The molecule has 3 saturated carbocycles. The molecule has 15 heteroatoms. The second-order valence-electron chi connectivity index (χ2n) is 9.58. The molecule has 2 bridgehead atoms. The number of rotatable bonds is 8. The van der Waals surface area contributed by atoms with Crippen LogP contribution in [0.4, 0.5) is 26.3 Å². The Morgan fingerprint density at radius 1 is 0.821 bits per heavy atom. The van der Waals surface area contributed by atoms with Crippen LogP contribution in [0.1, 0.15) is 43.5 Å². The second kappa shape index (κ2) is 10.5. The van der Waals surface area contributed by atoms with Gasteiger partial charge >= 0.3 is 12.4 Å². The van der Waals surface area contributed by atoms with E-state index in [9.17, 15) is 41.0 Å². The van der Waals surface area contributed by atoms with Crippen molar-refractivity contribution in [2.45, 2.75) is 61.6 Å². The van der Waals surface area contributed by atoms with Crippen molar-refractivity contribution in [1.29, 1.82) is 0 Å². The Hall–Kier alpha value is -3.62. The molecule has 9 nitrogen and oxygen atoms in total. The Bertz CT molecular complexity index is 1180. The summed E-state index contributed by atoms with van der Waals surface area (Å²) in [5.41, 5.74) is -3.87. The van der Waals surface area contributed by atoms with E-state index in [0.29, 0.717) is 25.7 Å². The first-order chi connectivity index (χ1) is 18.2. The van der Waals surface area contributed by atoms with Crippen LogP contribution in [-0.4, -0.2) is 57.3 Å². The van der Waals surface area contributed by atoms with Crippen molar-refractivity contribution in [3.05, 3.63) is 48.0 Å². The number of aliphatic hydroxyl groups excluding tert-OH is 1. The molecule has 212 valence electrons. The van der Waals surface area contributed by atoms with Crippen molar-refractivity contribution in [3.8, 4) is 11.5 Å². The zero-order valence-electron chi connectivity index (χ0n) is 20.2. The third-order valence-corrected chi connectivity index (χ3v) is 6.91. The van der Waals surface area contributed by atoms with Gasteiger partial charge in [-0.15, -0.1) is 0 Å². The maximum atomic E-state index is 12.6. The van der Waals surface area contributed by atoms with Crippen LogP contribution in [0.15, 0.2) is 36.7 Å². The average Bonchev–Trinajstić information content (AvgIpc) is 2.87. The molecule has 2 aromatic rings. The lowest BCUT2D eigenvalue weighted by atomic mass is 9.60. The highest BCUT2D eigenvalue weighted by Gasteiger charge is 2.55. The van der Waals surface area contributed by atoms with Crippen LogP contribution < -0.4 is 20.1 Å². The molecule has 3 aliphatic carbocycles. The summed E-state index contributed by atoms with van der Waals surface area (Å²) in [4.78, 5) is 31.5. The Balaban J connectivity index is 1.25. The molecule has 5 rings (SSSR count). The number of hydrogen-bond donors (Lipinski definition) is 3. The lowest BCUT2D eigenvalue weighted by molar-refractivity contribution is -0.142. The molecule has 3 fully saturated rings. The van der Waals surface area contributed by atoms with Gasteiger partial charge in [-0.05, 0) is 56.4 Å². The summed E-state index contributed by atoms with van der Waals surface area (Å²) in [6.45, 7) is -0.970. The van der Waals surface area contributed by atoms with E-state index in [4.69, 9.17) is 9.47 Å². The Morgan fingerprint density at radius 3 is 1.67 bits per heavy atom. The molecule has 2 amide bonds. The fourth-order valence-corrected chi connectivity index (χ4v) is 4.87. The molecule has 0 saturated heterocycles. The van der Waals surface area contributed by atoms with Gasteiger partial charge in [0.25, 0.3) is 11.8 Å². The summed E-state index contributed by atoms with van der Waals surface area (Å²) < 4.78 is 86.1. The Labute approximate surface area is 217 Å². The van der Waals surface area contributed by atoms with E-state index >= 15 is 0 Å². The quantitative estimate of drug-likeness (QED) is 0.423. The molecule has 0 radical (unpaired) electrons. The number of pyridine rings is 2. The van der Waals surface area contributed by atoms with E-state index in [1.807, 2.05) is 0 Å². The molecule has 39 heavy (non-hydrogen) atoms. The normalized spacial score (nSPS) is 24.6. The fraction of sp³-hybridized carbons (Fsp3) is 0.500. The van der Waals surface area contributed by atoms with E-state index in [1.54, 1.807) is 0 Å². The standard InChI is InChI=1S/C24H24F6N4O5/c25-23(26,27)16-3-1-14(10-31-16)38-12-19(36)33-21-5-7-22(8-6-21,18(35)9-21)34-20(37)13-39-15-2-4-17(32-11-15)24(28,29)30/h1-4,10-11,18,35H,5-9,12-13H2,(H,33,36)(H,34,37)/t18-,21?,22?/m1/s1. The van der Waals surface area contributed by atoms with Gasteiger partial charge in [-0.25, -0.2) is 9.97 Å². The van der Waals surface area contributed by atoms with E-state index in [0.717, 1.165) is 36.7 Å². The number of carbonyl (C=O) groups is 2. The van der Waals surface area contributed by atoms with E-state index in [1.165, 1.54) is 0 Å². The summed E-state index contributed by atoms with van der Waals surface area (Å²) in [6, 6.07) is 3.58. The van der Waals surface area contributed by atoms with Crippen molar-refractivity contribution < 1.29 is 50.5 Å². The first-order valence-corrected chi connectivity index (χ1v) is 11.8. The van der Waals surface area contributed by atoms with Gasteiger partial charge in [-0.2, -0.15) is 26.3 Å². The minimum atomic E-state index is -4.60. The highest BCUT2D eigenvalue weighted by Crippen LogP contribution is 2.47. The highest BCUT2D eigenvalue weighted by molar-refractivity contribution is 5.79. The Kier molecular flexibility index (Phi) is 7.65. The minimum absolute atomic E-state index is 0.0148. The highest BCUT2D eigenvalue weighted by atomic mass is 19.4. The van der Waals surface area contributed by atoms with Crippen LogP contribution in [0.25, 0.3) is 0 Å². The van der Waals surface area contributed by atoms with Gasteiger partial charge in [0.15, 0.2) is 13.2 Å². The van der Waals surface area contributed by atoms with Crippen molar-refractivity contribution in [2.75, 3.05) is 13.2 Å². The lowest BCUT2D eigenvalue weighted by Crippen LogP contribution is -2.70. The van der Waals surface area contributed by atoms with Crippen molar-refractivity contribution in [3.63, 3.8) is 0 Å². The monoisotopic (exact) mass is 562 g/mol. The molecular formula is C24H24F6N4O5. The predicted octanol–water partition coefficient (Wildman–Crippen LogP) is 3.02. The third kappa shape index (κ3) is 6.69. The average molecular weight is 562 g/mol. The van der Waals surface area contributed by atoms with Gasteiger partial charge in [-0.1, -0.05) is 0 Å². The Morgan fingerprint density at radius 2 is 1.28 bits per heavy atom. The van der Waals surface area contributed by atoms with E-state index < -0.39 is 66.0 Å². The van der Waals surface area contributed by atoms with Crippen LogP contribution >= 0.6 is 0 Å². The smallest absolute Gasteiger partial charge is 0.433 e. The number of aromatic nitrogens is 2. The maximum Gasteiger partial charge on any atom is 0.433 e. The number of carbonyl (C=O) groups excluding carboxylic acids is 2. The largest absolute Gasteiger partial charge is 0.482 e. The number of nitrogens with zero attached hydrogens (tertiary/aromatic N) is 2. The summed E-state index contributed by atoms with van der Waals surface area (Å²) in [7, 11) is 0. The number of amides is 2. The van der Waals surface area contributed by atoms with Crippen molar-refractivity contribution >= 4 is 11.8 Å². The minimum Gasteiger partial charge on any atom is -0.482 e. The van der Waals surface area contributed by atoms with Gasteiger partial charge in [0, 0.05) is 5.54 Å². The van der Waals surface area contributed by atoms with E-state index in [2.05, 4.69) is 20.6 Å². The number of aliphatic hydroxyl groups is 1. The third-order valence-electron chi connectivity index (χ3n) is 6.91. The molecule has 1 atom stereocenters. The fourth-order valence-electron chi connectivity index (χ4n) is 4.87. The molecule has 3 N–H and O–H groups in total. The molecule has 2 heterocycles. The van der Waals surface area contributed by atoms with Crippen LogP contribution in [0, 0.1) is 0 Å². The number of hydrogen-bond acceptors (Lipinski definition) is 7. The lowest BCUT2D eigenvalue weighted by Gasteiger charge is -2.56. The molecule has 3 aliphatic rings. The molecular weight excluding hydrogens is 538 g/mol. The zero-order valence-corrected chi connectivity index (χ0v) is 20.2. The first kappa shape index (κ1) is 28.4. The number of fused-ring (bicyclic) bond motifs is 3. The number of alkyl halides is 6. The van der Waals surface area contributed by atoms with Gasteiger partial charge in [-0.3, -0.25) is 9.59 Å². The van der Waals surface area contributed by atoms with Gasteiger partial charge in [0.05, 0.1) is 24.0 Å². The summed E-state index contributed by atoms with van der Waals surface area (Å²) in [6.07, 6.45) is -6.78. The molecule has 0 spiro atoms. The maximum absolute atomic E-state index is 12.6. The summed E-state index contributed by atoms with van der Waals surface area (Å²) >= 11 is 0. The summed E-state index contributed by atoms with van der Waals surface area (Å²) in [5.74, 6) is -1.15. The molecule has 2 aromatic heterocycles. The van der Waals surface area contributed by atoms with Crippen LogP contribution in [-0.2, 0) is 21.9 Å². The van der Waals surface area contributed by atoms with Crippen LogP contribution in [0.5, 0.6) is 11.5 Å². The predicted molar refractivity (Wildman–Crippen MR) is 120 cm³/mol. The molecule has 0 unspecified atom stereocenters. The number of nitrogens with one attached hydrogen (secondary N) is 2. The second-order valence-corrected chi connectivity index (χ2v) is 9.58. The summed E-state index contributed by atoms with van der Waals surface area (Å²) in [5, 5.41) is 16.4. The van der Waals surface area contributed by atoms with Gasteiger partial charge < -0.3 is 25.2 Å². The van der Waals surface area contributed by atoms with E-state index in [-0.39, 0.29) is 17.9 Å².